The third-order valence-corrected chi connectivity index (χ3v) is 12.3. The third-order valence-electron chi connectivity index (χ3n) is 12.3. The van der Waals surface area contributed by atoms with Gasteiger partial charge >= 0.3 is 5.97 Å². The van der Waals surface area contributed by atoms with Gasteiger partial charge < -0.3 is 34.6 Å². The van der Waals surface area contributed by atoms with Crippen LogP contribution in [0.1, 0.15) is 43.5 Å². The van der Waals surface area contributed by atoms with Crippen molar-refractivity contribution in [1.82, 2.24) is 4.90 Å². The first-order chi connectivity index (χ1) is 18.6. The minimum Gasteiger partial charge on any atom is -0.458 e. The number of methoxy groups -OCH3 is 2. The van der Waals surface area contributed by atoms with Crippen molar-refractivity contribution in [2.75, 3.05) is 27.3 Å². The van der Waals surface area contributed by atoms with Gasteiger partial charge in [-0.2, -0.15) is 0 Å². The maximum Gasteiger partial charge on any atom is 0.338 e. The minimum absolute atomic E-state index is 0.0752. The average molecular weight is 544 g/mol. The molecule has 1 aliphatic heterocycles. The number of aliphatic hydroxyl groups excluding tert-OH is 2. The summed E-state index contributed by atoms with van der Waals surface area (Å²) in [4.78, 5) is 15.6. The summed E-state index contributed by atoms with van der Waals surface area (Å²) in [6.07, 6.45) is -2.82. The number of benzene rings is 1. The van der Waals surface area contributed by atoms with Gasteiger partial charge in [0.05, 0.1) is 36.0 Å². The SMILES string of the molecule is CCN1C[C@]2(C)CC[C@H](O)[C@]34C1[C@](O)([C@@H](OC)[C@H]23)[C@@]1(O)C[C@H](OC)[C@H]2[C@H](O)[C@@H]4[C@@H]1[C@H]2OC(=O)c1ccccc1. The van der Waals surface area contributed by atoms with Crippen molar-refractivity contribution in [3.63, 3.8) is 0 Å². The van der Waals surface area contributed by atoms with Gasteiger partial charge in [-0.15, -0.1) is 0 Å². The zero-order chi connectivity index (χ0) is 27.7. The molecule has 1 saturated heterocycles. The number of rotatable bonds is 5. The monoisotopic (exact) mass is 543 g/mol. The molecule has 14 atom stereocenters. The Morgan fingerprint density at radius 1 is 1.10 bits per heavy atom. The molecular weight excluding hydrogens is 502 g/mol. The van der Waals surface area contributed by atoms with E-state index in [1.807, 2.05) is 13.0 Å². The molecule has 4 N–H and O–H groups in total. The van der Waals surface area contributed by atoms with E-state index in [0.29, 0.717) is 25.1 Å². The molecule has 7 bridgehead atoms. The lowest BCUT2D eigenvalue weighted by Crippen LogP contribution is -2.82. The molecule has 39 heavy (non-hydrogen) atoms. The Bertz CT molecular complexity index is 1170. The second-order valence-corrected chi connectivity index (χ2v) is 13.4. The van der Waals surface area contributed by atoms with Gasteiger partial charge in [0, 0.05) is 56.3 Å². The number of ether oxygens (including phenoxy) is 3. The highest BCUT2D eigenvalue weighted by atomic mass is 16.6. The van der Waals surface area contributed by atoms with Crippen LogP contribution >= 0.6 is 0 Å². The number of nitrogens with zero attached hydrogens (tertiary/aromatic N) is 1. The largest absolute Gasteiger partial charge is 0.458 e. The highest BCUT2D eigenvalue weighted by molar-refractivity contribution is 5.89. The van der Waals surface area contributed by atoms with E-state index in [2.05, 4.69) is 11.8 Å². The molecule has 0 radical (unpaired) electrons. The van der Waals surface area contributed by atoms with E-state index < -0.39 is 76.9 Å². The lowest BCUT2D eigenvalue weighted by molar-refractivity contribution is -0.317. The summed E-state index contributed by atoms with van der Waals surface area (Å²) >= 11 is 0. The molecule has 1 aromatic carbocycles. The summed E-state index contributed by atoms with van der Waals surface area (Å²) in [6, 6.07) is 8.04. The van der Waals surface area contributed by atoms with Crippen LogP contribution in [0.4, 0.5) is 0 Å². The number of fused-ring (bicyclic) bond motifs is 2. The fourth-order valence-corrected chi connectivity index (χ4v) is 11.4. The lowest BCUT2D eigenvalue weighted by Gasteiger charge is -2.69. The number of carbonyl (C=O) groups excluding carboxylic acids is 1. The Hall–Kier alpha value is -1.59. The standard InChI is InChI=1S/C30H41NO8/c1-5-31-14-27(2)12-11-17(32)29-19-20-22(39-25(34)15-9-7-6-8-10-15)18(21(19)33)16(37-3)13-28(20,35)30(36,26(29)31)24(38-4)23(27)29/h6-10,16-24,26,32-33,35-36H,5,11-14H2,1-4H3/t16-,17-,18-,19-,20+,21-,22-,23+,24-,26?,27-,28+,29+,30+/m0/s1. The summed E-state index contributed by atoms with van der Waals surface area (Å²) in [5, 5.41) is 50.3. The summed E-state index contributed by atoms with van der Waals surface area (Å²) in [5.41, 5.74) is -4.46. The highest BCUT2D eigenvalue weighted by Gasteiger charge is 2.92. The van der Waals surface area contributed by atoms with E-state index in [-0.39, 0.29) is 17.8 Å². The molecule has 1 heterocycles. The number of piperidine rings is 1. The Kier molecular flexibility index (Phi) is 5.56. The van der Waals surface area contributed by atoms with Crippen molar-refractivity contribution in [1.29, 1.82) is 0 Å². The van der Waals surface area contributed by atoms with Gasteiger partial charge in [-0.1, -0.05) is 32.0 Å². The van der Waals surface area contributed by atoms with Crippen molar-refractivity contribution < 1.29 is 39.4 Å². The van der Waals surface area contributed by atoms with Crippen LogP contribution in [0.2, 0.25) is 0 Å². The molecular formula is C30H41NO8. The predicted octanol–water partition coefficient (Wildman–Crippen LogP) is 0.826. The molecule has 5 aliphatic carbocycles. The number of likely N-dealkylation sites (tertiary alicyclic amines) is 1. The first-order valence-electron chi connectivity index (χ1n) is 14.4. The summed E-state index contributed by atoms with van der Waals surface area (Å²) in [7, 11) is 3.09. The smallest absolute Gasteiger partial charge is 0.338 e. The molecule has 1 aromatic rings. The van der Waals surface area contributed by atoms with Gasteiger partial charge in [0.15, 0.2) is 0 Å². The number of hydrogen-bond acceptors (Lipinski definition) is 9. The number of carbonyl (C=O) groups is 1. The summed E-state index contributed by atoms with van der Waals surface area (Å²) in [6.45, 7) is 5.56. The number of esters is 1. The van der Waals surface area contributed by atoms with Gasteiger partial charge in [-0.05, 0) is 36.9 Å². The topological polar surface area (TPSA) is 129 Å². The van der Waals surface area contributed by atoms with Gasteiger partial charge in [0.2, 0.25) is 0 Å². The van der Waals surface area contributed by atoms with Gasteiger partial charge in [0.1, 0.15) is 17.3 Å². The predicted molar refractivity (Wildman–Crippen MR) is 139 cm³/mol. The molecule has 9 heteroatoms. The van der Waals surface area contributed by atoms with Crippen LogP contribution in [0.25, 0.3) is 0 Å². The van der Waals surface area contributed by atoms with E-state index in [1.165, 1.54) is 7.11 Å². The minimum atomic E-state index is -1.79. The molecule has 6 fully saturated rings. The van der Waals surface area contributed by atoms with E-state index in [0.717, 1.165) is 6.42 Å². The van der Waals surface area contributed by atoms with Gasteiger partial charge in [0.25, 0.3) is 0 Å². The lowest BCUT2D eigenvalue weighted by atomic mass is 9.42. The number of aliphatic hydroxyl groups is 4. The fourth-order valence-electron chi connectivity index (χ4n) is 11.4. The average Bonchev–Trinajstić information content (AvgIpc) is 3.26. The van der Waals surface area contributed by atoms with Crippen LogP contribution in [0.3, 0.4) is 0 Å². The van der Waals surface area contributed by atoms with Crippen molar-refractivity contribution in [3.05, 3.63) is 35.9 Å². The Balaban J connectivity index is 1.47. The fraction of sp³-hybridized carbons (Fsp3) is 0.767. The maximum atomic E-state index is 13.4. The van der Waals surface area contributed by atoms with Crippen molar-refractivity contribution in [3.8, 4) is 0 Å². The van der Waals surface area contributed by atoms with Gasteiger partial charge in [-0.25, -0.2) is 4.79 Å². The molecule has 7 rings (SSSR count). The molecule has 214 valence electrons. The molecule has 5 saturated carbocycles. The normalized spacial score (nSPS) is 55.0. The maximum absolute atomic E-state index is 13.4. The quantitative estimate of drug-likeness (QED) is 0.399. The molecule has 1 unspecified atom stereocenters. The Morgan fingerprint density at radius 3 is 2.46 bits per heavy atom. The van der Waals surface area contributed by atoms with E-state index in [9.17, 15) is 25.2 Å². The van der Waals surface area contributed by atoms with Crippen LogP contribution in [-0.4, -0.2) is 106 Å². The second-order valence-electron chi connectivity index (χ2n) is 13.4. The van der Waals surface area contributed by atoms with Crippen molar-refractivity contribution >= 4 is 5.97 Å². The van der Waals surface area contributed by atoms with Crippen LogP contribution < -0.4 is 0 Å². The second kappa shape index (κ2) is 8.25. The van der Waals surface area contributed by atoms with Crippen molar-refractivity contribution in [2.24, 2.45) is 34.5 Å². The third kappa shape index (κ3) is 2.74. The molecule has 9 nitrogen and oxygen atoms in total. The molecule has 1 spiro atoms. The van der Waals surface area contributed by atoms with Crippen LogP contribution in [0.5, 0.6) is 0 Å². The van der Waals surface area contributed by atoms with E-state index >= 15 is 0 Å². The summed E-state index contributed by atoms with van der Waals surface area (Å²) < 4.78 is 18.2. The van der Waals surface area contributed by atoms with E-state index in [1.54, 1.807) is 31.4 Å². The van der Waals surface area contributed by atoms with Crippen molar-refractivity contribution in [2.45, 2.75) is 80.9 Å². The Labute approximate surface area is 229 Å². The molecule has 0 amide bonds. The summed E-state index contributed by atoms with van der Waals surface area (Å²) in [5.74, 6) is -2.87. The zero-order valence-electron chi connectivity index (χ0n) is 23.1. The van der Waals surface area contributed by atoms with Crippen LogP contribution in [-0.2, 0) is 14.2 Å². The first kappa shape index (κ1) is 26.3. The number of likely N-dealkylation sites (N-methyl/N-ethyl adjacent to an activating group) is 1. The zero-order valence-corrected chi connectivity index (χ0v) is 23.1. The molecule has 0 aromatic heterocycles. The highest BCUT2D eigenvalue weighted by Crippen LogP contribution is 2.80. The van der Waals surface area contributed by atoms with Crippen LogP contribution in [0, 0.1) is 34.5 Å². The number of hydrogen-bond donors (Lipinski definition) is 4. The van der Waals surface area contributed by atoms with E-state index in [4.69, 9.17) is 14.2 Å². The molecule has 6 aliphatic rings. The first-order valence-corrected chi connectivity index (χ1v) is 14.4. The Morgan fingerprint density at radius 2 is 1.82 bits per heavy atom. The van der Waals surface area contributed by atoms with Gasteiger partial charge in [-0.3, -0.25) is 4.90 Å². The van der Waals surface area contributed by atoms with Crippen LogP contribution in [0.15, 0.2) is 30.3 Å².